The number of aromatic nitrogens is 2. The predicted octanol–water partition coefficient (Wildman–Crippen LogP) is 4.00. The number of rotatable bonds is 4. The third-order valence-corrected chi connectivity index (χ3v) is 3.62. The van der Waals surface area contributed by atoms with Crippen LogP contribution in [-0.2, 0) is 0 Å². The molecule has 3 rings (SSSR count). The minimum absolute atomic E-state index is 0.172. The maximum absolute atomic E-state index is 12.2. The van der Waals surface area contributed by atoms with E-state index in [1.54, 1.807) is 48.5 Å². The number of nitrogens with one attached hydrogen (secondary N) is 2. The third-order valence-electron chi connectivity index (χ3n) is 3.29. The fraction of sp³-hybridized carbons (Fsp3) is 0. The van der Waals surface area contributed by atoms with Crippen molar-refractivity contribution in [1.29, 1.82) is 5.26 Å². The zero-order valence-electron chi connectivity index (χ0n) is 12.9. The SMILES string of the molecule is N#Cc1ccc(Nc2cnc(C(=O)Nc3ccccc3Cl)cn2)cc1. The summed E-state index contributed by atoms with van der Waals surface area (Å²) >= 11 is 6.01. The van der Waals surface area contributed by atoms with Crippen molar-refractivity contribution in [1.82, 2.24) is 9.97 Å². The number of carbonyl (C=O) groups is 1. The van der Waals surface area contributed by atoms with Crippen molar-refractivity contribution in [2.24, 2.45) is 0 Å². The molecule has 25 heavy (non-hydrogen) atoms. The molecule has 0 spiro atoms. The molecule has 1 aromatic heterocycles. The minimum atomic E-state index is -0.398. The van der Waals surface area contributed by atoms with E-state index in [9.17, 15) is 4.79 Å². The molecule has 3 aromatic rings. The zero-order valence-corrected chi connectivity index (χ0v) is 13.7. The average molecular weight is 350 g/mol. The first kappa shape index (κ1) is 16.4. The van der Waals surface area contributed by atoms with Crippen molar-refractivity contribution >= 4 is 34.7 Å². The lowest BCUT2D eigenvalue weighted by Crippen LogP contribution is -2.14. The summed E-state index contributed by atoms with van der Waals surface area (Å²) in [6.45, 7) is 0. The first-order valence-electron chi connectivity index (χ1n) is 7.31. The second-order valence-corrected chi connectivity index (χ2v) is 5.44. The number of hydrogen-bond acceptors (Lipinski definition) is 5. The monoisotopic (exact) mass is 349 g/mol. The maximum Gasteiger partial charge on any atom is 0.275 e. The van der Waals surface area contributed by atoms with Gasteiger partial charge in [-0.1, -0.05) is 23.7 Å². The zero-order chi connectivity index (χ0) is 17.6. The number of anilines is 3. The summed E-state index contributed by atoms with van der Waals surface area (Å²) in [5.74, 6) is 0.0875. The van der Waals surface area contributed by atoms with Gasteiger partial charge >= 0.3 is 0 Å². The first-order valence-corrected chi connectivity index (χ1v) is 7.68. The quantitative estimate of drug-likeness (QED) is 0.743. The largest absolute Gasteiger partial charge is 0.339 e. The Labute approximate surface area is 149 Å². The highest BCUT2D eigenvalue weighted by Crippen LogP contribution is 2.21. The van der Waals surface area contributed by atoms with Crippen LogP contribution in [0.3, 0.4) is 0 Å². The molecule has 0 aliphatic carbocycles. The number of amides is 1. The lowest BCUT2D eigenvalue weighted by atomic mass is 10.2. The summed E-state index contributed by atoms with van der Waals surface area (Å²) in [5.41, 5.74) is 2.02. The number of para-hydroxylation sites is 1. The molecule has 0 atom stereocenters. The Bertz CT molecular complexity index is 933. The number of carbonyl (C=O) groups excluding carboxylic acids is 1. The molecule has 2 aromatic carbocycles. The number of hydrogen-bond donors (Lipinski definition) is 2. The Kier molecular flexibility index (Phi) is 4.88. The van der Waals surface area contributed by atoms with Crippen molar-refractivity contribution < 1.29 is 4.79 Å². The lowest BCUT2D eigenvalue weighted by Gasteiger charge is -2.08. The summed E-state index contributed by atoms with van der Waals surface area (Å²) in [4.78, 5) is 20.5. The smallest absolute Gasteiger partial charge is 0.275 e. The molecule has 1 heterocycles. The Morgan fingerprint density at radius 2 is 1.80 bits per heavy atom. The van der Waals surface area contributed by atoms with Crippen molar-refractivity contribution in [3.8, 4) is 6.07 Å². The molecular formula is C18H12ClN5O. The molecule has 0 bridgehead atoms. The fourth-order valence-corrected chi connectivity index (χ4v) is 2.22. The third kappa shape index (κ3) is 4.10. The van der Waals surface area contributed by atoms with Crippen molar-refractivity contribution in [2.45, 2.75) is 0 Å². The van der Waals surface area contributed by atoms with Gasteiger partial charge in [-0.05, 0) is 36.4 Å². The van der Waals surface area contributed by atoms with Crippen LogP contribution in [0.25, 0.3) is 0 Å². The van der Waals surface area contributed by atoms with E-state index in [0.29, 0.717) is 22.1 Å². The van der Waals surface area contributed by atoms with Crippen LogP contribution in [0.4, 0.5) is 17.2 Å². The Morgan fingerprint density at radius 3 is 2.44 bits per heavy atom. The van der Waals surface area contributed by atoms with Crippen LogP contribution in [0.2, 0.25) is 5.02 Å². The van der Waals surface area contributed by atoms with Gasteiger partial charge in [0.05, 0.1) is 34.7 Å². The molecule has 2 N–H and O–H groups in total. The Morgan fingerprint density at radius 1 is 1.04 bits per heavy atom. The molecule has 0 aliphatic rings. The van der Waals surface area contributed by atoms with E-state index >= 15 is 0 Å². The molecule has 6 nitrogen and oxygen atoms in total. The van der Waals surface area contributed by atoms with E-state index < -0.39 is 5.91 Å². The highest BCUT2D eigenvalue weighted by Gasteiger charge is 2.10. The van der Waals surface area contributed by atoms with Gasteiger partial charge in [0.25, 0.3) is 5.91 Å². The van der Waals surface area contributed by atoms with E-state index in [-0.39, 0.29) is 5.69 Å². The van der Waals surface area contributed by atoms with E-state index in [1.165, 1.54) is 12.4 Å². The van der Waals surface area contributed by atoms with Crippen molar-refractivity contribution in [3.05, 3.63) is 77.2 Å². The van der Waals surface area contributed by atoms with Gasteiger partial charge in [-0.2, -0.15) is 5.26 Å². The second-order valence-electron chi connectivity index (χ2n) is 5.04. The number of benzene rings is 2. The van der Waals surface area contributed by atoms with Gasteiger partial charge < -0.3 is 10.6 Å². The summed E-state index contributed by atoms with van der Waals surface area (Å²) < 4.78 is 0. The summed E-state index contributed by atoms with van der Waals surface area (Å²) in [7, 11) is 0. The number of nitriles is 1. The van der Waals surface area contributed by atoms with Crippen molar-refractivity contribution in [3.63, 3.8) is 0 Å². The fourth-order valence-electron chi connectivity index (χ4n) is 2.03. The molecule has 0 radical (unpaired) electrons. The second kappa shape index (κ2) is 7.43. The van der Waals surface area contributed by atoms with Gasteiger partial charge in [0.2, 0.25) is 0 Å². The highest BCUT2D eigenvalue weighted by atomic mass is 35.5. The van der Waals surface area contributed by atoms with Gasteiger partial charge in [-0.25, -0.2) is 9.97 Å². The van der Waals surface area contributed by atoms with Crippen LogP contribution >= 0.6 is 11.6 Å². The molecule has 0 saturated heterocycles. The standard InChI is InChI=1S/C18H12ClN5O/c19-14-3-1-2-4-15(14)24-18(25)16-10-22-17(11-21-16)23-13-7-5-12(9-20)6-8-13/h1-8,10-11H,(H,22,23)(H,24,25). The average Bonchev–Trinajstić information content (AvgIpc) is 2.65. The van der Waals surface area contributed by atoms with E-state index in [1.807, 2.05) is 0 Å². The van der Waals surface area contributed by atoms with Crippen LogP contribution < -0.4 is 10.6 Å². The van der Waals surface area contributed by atoms with Crippen LogP contribution in [0.5, 0.6) is 0 Å². The molecule has 0 aliphatic heterocycles. The van der Waals surface area contributed by atoms with E-state index in [4.69, 9.17) is 16.9 Å². The number of nitrogens with zero attached hydrogens (tertiary/aromatic N) is 3. The summed E-state index contributed by atoms with van der Waals surface area (Å²) in [5, 5.41) is 15.0. The maximum atomic E-state index is 12.2. The van der Waals surface area contributed by atoms with Crippen LogP contribution in [0, 0.1) is 11.3 Å². The summed E-state index contributed by atoms with van der Waals surface area (Å²) in [6.07, 6.45) is 2.83. The highest BCUT2D eigenvalue weighted by molar-refractivity contribution is 6.33. The summed E-state index contributed by atoms with van der Waals surface area (Å²) in [6, 6.07) is 15.9. The van der Waals surface area contributed by atoms with Crippen LogP contribution in [0.1, 0.15) is 16.1 Å². The van der Waals surface area contributed by atoms with Gasteiger partial charge in [0.15, 0.2) is 0 Å². The number of halogens is 1. The molecule has 0 unspecified atom stereocenters. The normalized spacial score (nSPS) is 9.92. The van der Waals surface area contributed by atoms with Crippen LogP contribution in [0.15, 0.2) is 60.9 Å². The van der Waals surface area contributed by atoms with Gasteiger partial charge in [0, 0.05) is 5.69 Å². The topological polar surface area (TPSA) is 90.7 Å². The van der Waals surface area contributed by atoms with E-state index in [2.05, 4.69) is 26.7 Å². The lowest BCUT2D eigenvalue weighted by molar-refractivity contribution is 0.102. The van der Waals surface area contributed by atoms with Crippen LogP contribution in [-0.4, -0.2) is 15.9 Å². The Hall–Kier alpha value is -3.43. The molecule has 7 heteroatoms. The molecule has 0 saturated carbocycles. The van der Waals surface area contributed by atoms with Gasteiger partial charge in [-0.15, -0.1) is 0 Å². The van der Waals surface area contributed by atoms with E-state index in [0.717, 1.165) is 5.69 Å². The molecule has 0 fully saturated rings. The predicted molar refractivity (Wildman–Crippen MR) is 95.9 cm³/mol. The van der Waals surface area contributed by atoms with Gasteiger partial charge in [0.1, 0.15) is 11.5 Å². The van der Waals surface area contributed by atoms with Crippen molar-refractivity contribution in [2.75, 3.05) is 10.6 Å². The molecule has 122 valence electrons. The minimum Gasteiger partial charge on any atom is -0.339 e. The Balaban J connectivity index is 1.68. The molecule has 1 amide bonds. The molecular weight excluding hydrogens is 338 g/mol. The first-order chi connectivity index (χ1) is 12.2. The van der Waals surface area contributed by atoms with Gasteiger partial charge in [-0.3, -0.25) is 4.79 Å².